The molecule has 1 radical (unpaired) electrons. The summed E-state index contributed by atoms with van der Waals surface area (Å²) in [5, 5.41) is 10.4. The monoisotopic (exact) mass is 1150 g/mol. The molecular formula is C61H41F5IrN4O-2. The largest absolute Gasteiger partial charge is 0.500 e. The molecule has 0 unspecified atom stereocenters. The molecular weight excluding hydrogens is 1090 g/mol. The number of rotatable bonds is 7. The Hall–Kier alpha value is -8.08. The maximum absolute atomic E-state index is 14.2. The predicted molar refractivity (Wildman–Crippen MR) is 271 cm³/mol. The van der Waals surface area contributed by atoms with Crippen LogP contribution in [-0.4, -0.2) is 16.1 Å². The van der Waals surface area contributed by atoms with Crippen molar-refractivity contribution in [3.63, 3.8) is 0 Å². The molecule has 72 heavy (non-hydrogen) atoms. The van der Waals surface area contributed by atoms with E-state index in [-0.39, 0.29) is 87.1 Å². The minimum Gasteiger partial charge on any atom is -0.500 e. The fourth-order valence-electron chi connectivity index (χ4n) is 8.09. The van der Waals surface area contributed by atoms with Gasteiger partial charge < -0.3 is 14.4 Å². The zero-order chi connectivity index (χ0) is 62.7. The van der Waals surface area contributed by atoms with Crippen LogP contribution >= 0.6 is 0 Å². The van der Waals surface area contributed by atoms with Crippen LogP contribution in [0.25, 0.3) is 93.8 Å². The molecule has 0 spiro atoms. The molecule has 0 atom stereocenters. The molecule has 0 fully saturated rings. The van der Waals surface area contributed by atoms with Crippen molar-refractivity contribution < 1.29 is 67.0 Å². The molecule has 0 saturated heterocycles. The number of fused-ring (bicyclic) bond motifs is 3. The average molecular weight is 1150 g/mol. The normalized spacial score (nSPS) is 15.3. The van der Waals surface area contributed by atoms with Gasteiger partial charge in [-0.2, -0.15) is 22.0 Å². The zero-order valence-corrected chi connectivity index (χ0v) is 39.3. The van der Waals surface area contributed by atoms with E-state index in [1.165, 1.54) is 48.5 Å². The van der Waals surface area contributed by atoms with Gasteiger partial charge in [0, 0.05) is 75.6 Å². The van der Waals surface area contributed by atoms with E-state index >= 15 is 0 Å². The van der Waals surface area contributed by atoms with Gasteiger partial charge in [-0.15, -0.1) is 42.0 Å². The molecule has 0 bridgehead atoms. The molecule has 0 saturated carbocycles. The number of hydrogen-bond donors (Lipinski definition) is 0. The Kier molecular flexibility index (Phi) is 9.68. The second-order valence-corrected chi connectivity index (χ2v) is 16.0. The van der Waals surface area contributed by atoms with Crippen molar-refractivity contribution in [1.29, 1.82) is 5.26 Å². The Morgan fingerprint density at radius 3 is 2.01 bits per heavy atom. The molecule has 5 nitrogen and oxygen atoms in total. The molecule has 10 aromatic rings. The van der Waals surface area contributed by atoms with Crippen molar-refractivity contribution in [2.45, 2.75) is 46.4 Å². The molecule has 0 N–H and O–H groups in total. The number of nitrogens with zero attached hydrogens (tertiary/aromatic N) is 4. The van der Waals surface area contributed by atoms with Crippen molar-refractivity contribution in [1.82, 2.24) is 9.97 Å². The summed E-state index contributed by atoms with van der Waals surface area (Å²) in [6.45, 7) is -7.09. The quantitative estimate of drug-likeness (QED) is 0.118. The Balaban J connectivity index is 0.000000249. The molecule has 7 aromatic carbocycles. The number of furan rings is 1. The van der Waals surface area contributed by atoms with Gasteiger partial charge in [-0.1, -0.05) is 120 Å². The Morgan fingerprint density at radius 1 is 0.625 bits per heavy atom. The first kappa shape index (κ1) is 34.3. The molecule has 3 heterocycles. The van der Waals surface area contributed by atoms with Gasteiger partial charge in [-0.05, 0) is 131 Å². The van der Waals surface area contributed by atoms with Gasteiger partial charge in [0.25, 0.3) is 0 Å². The van der Waals surface area contributed by atoms with E-state index in [1.54, 1.807) is 36.4 Å². The van der Waals surface area contributed by atoms with Crippen LogP contribution in [0.3, 0.4) is 0 Å². The van der Waals surface area contributed by atoms with Crippen LogP contribution in [-0.2, 0) is 26.0 Å². The van der Waals surface area contributed by atoms with Gasteiger partial charge in [-0.25, -0.2) is 10.1 Å². The third-order valence-corrected chi connectivity index (χ3v) is 11.6. The smallest absolute Gasteiger partial charge is 0.458 e. The number of hydrogen-bond acceptors (Lipinski definition) is 4. The van der Waals surface area contributed by atoms with E-state index in [4.69, 9.17) is 31.6 Å². The summed E-state index contributed by atoms with van der Waals surface area (Å²) < 4.78 is 195. The van der Waals surface area contributed by atoms with Gasteiger partial charge in [0.15, 0.2) is 5.69 Å². The first-order valence-electron chi connectivity index (χ1n) is 28.7. The average Bonchev–Trinajstić information content (AvgIpc) is 1.79. The fourth-order valence-corrected chi connectivity index (χ4v) is 8.09. The van der Waals surface area contributed by atoms with Crippen molar-refractivity contribution in [3.8, 4) is 73.1 Å². The Morgan fingerprint density at radius 2 is 1.32 bits per heavy atom. The molecule has 11 heteroatoms. The summed E-state index contributed by atoms with van der Waals surface area (Å²) in [7, 11) is 0. The predicted octanol–water partition coefficient (Wildman–Crippen LogP) is 17.3. The number of halogens is 5. The van der Waals surface area contributed by atoms with Crippen LogP contribution in [0.1, 0.15) is 59.5 Å². The molecule has 0 amide bonds. The molecule has 10 rings (SSSR count). The third-order valence-electron chi connectivity index (χ3n) is 11.6. The molecule has 357 valence electrons. The van der Waals surface area contributed by atoms with Crippen LogP contribution < -0.4 is 0 Å². The number of benzene rings is 7. The van der Waals surface area contributed by atoms with Crippen LogP contribution in [0, 0.1) is 64.3 Å². The summed E-state index contributed by atoms with van der Waals surface area (Å²) in [4.78, 5) is 11.5. The van der Waals surface area contributed by atoms with Gasteiger partial charge in [0.05, 0.1) is 12.2 Å². The van der Waals surface area contributed by atoms with E-state index in [9.17, 15) is 27.2 Å². The van der Waals surface area contributed by atoms with Gasteiger partial charge in [0.1, 0.15) is 5.58 Å². The van der Waals surface area contributed by atoms with E-state index in [2.05, 4.69) is 26.9 Å². The van der Waals surface area contributed by atoms with Crippen LogP contribution in [0.5, 0.6) is 0 Å². The maximum atomic E-state index is 14.2. The minimum atomic E-state index is -6.03. The van der Waals surface area contributed by atoms with Crippen molar-refractivity contribution >= 4 is 27.6 Å². The number of nitriles is 1. The summed E-state index contributed by atoms with van der Waals surface area (Å²) in [6.07, 6.45) is -4.47. The minimum absolute atomic E-state index is 0. The third kappa shape index (κ3) is 9.70. The SMILES string of the molecule is [2H]C([2H])([2H])c1cc(-c2cccc(-c3ccccc3)c2)c2oc3c(-c4cc(-c5c(C([2H])([2H])[2H])cccc5C([2H])([2H])[2H])c(C([2H])([2H])[2H])cn4)[c-]ccc3c2c1.[2H]C([2H])([2H])c1cnc(-c2[c-]cc(C#N)c(-c3ccc([N+]#[C-])cc3)c2)cc1C(F)(F)C(F)(F)F.[Ir]. The summed E-state index contributed by atoms with van der Waals surface area (Å²) in [6, 6.07) is 45.8. The summed E-state index contributed by atoms with van der Waals surface area (Å²) in [5.74, 6) is -5.45. The topological polar surface area (TPSA) is 67.1 Å². The standard InChI is InChI=1S/C39H30NO.C22H11F5N3.Ir/c1-24-19-34(30-16-9-15-29(21-30)28-13-6-5-7-14-28)39-35(20-24)31-17-10-18-32(38(31)41-39)36-22-33(27(4)23-40-36)37-25(2)11-8-12-26(37)3;1-13-12-30-20(10-19(13)21(23,24)22(25,26)27)15-3-4-16(11-28)18(9-15)14-5-7-17(29-2)8-6-14;/h5-17,19-23H,1-4H3;4-10,12H,1H3;/q2*-1;/i1D3,2D3,3D3,4D3;1D3;. The number of aryl methyl sites for hydroxylation is 5. The summed E-state index contributed by atoms with van der Waals surface area (Å²) >= 11 is 0. The summed E-state index contributed by atoms with van der Waals surface area (Å²) in [5.41, 5.74) is 0.865. The molecule has 0 aliphatic heterocycles. The van der Waals surface area contributed by atoms with Crippen LogP contribution in [0.2, 0.25) is 0 Å². The number of aromatic nitrogens is 2. The van der Waals surface area contributed by atoms with Gasteiger partial charge >= 0.3 is 12.1 Å². The fraction of sp³-hybridized carbons (Fsp3) is 0.115. The van der Waals surface area contributed by atoms with E-state index in [0.29, 0.717) is 56.6 Å². The van der Waals surface area contributed by atoms with Crippen molar-refractivity contribution in [2.75, 3.05) is 0 Å². The van der Waals surface area contributed by atoms with Crippen LogP contribution in [0.15, 0.2) is 162 Å². The maximum Gasteiger partial charge on any atom is 0.458 e. The Bertz CT molecular complexity index is 4300. The first-order chi connectivity index (χ1) is 40.1. The number of pyridine rings is 2. The van der Waals surface area contributed by atoms with E-state index < -0.39 is 57.5 Å². The van der Waals surface area contributed by atoms with Gasteiger partial charge in [0.2, 0.25) is 0 Å². The zero-order valence-electron chi connectivity index (χ0n) is 51.9. The second kappa shape index (κ2) is 20.3. The number of alkyl halides is 5. The first-order valence-corrected chi connectivity index (χ1v) is 21.2. The Labute approximate surface area is 448 Å². The van der Waals surface area contributed by atoms with E-state index in [0.717, 1.165) is 17.3 Å². The van der Waals surface area contributed by atoms with Crippen LogP contribution in [0.4, 0.5) is 27.6 Å². The molecule has 0 aliphatic carbocycles. The van der Waals surface area contributed by atoms with Crippen molar-refractivity contribution in [3.05, 3.63) is 220 Å². The second-order valence-electron chi connectivity index (χ2n) is 16.0. The molecule has 3 aromatic heterocycles. The van der Waals surface area contributed by atoms with Crippen molar-refractivity contribution in [2.24, 2.45) is 0 Å². The molecule has 0 aliphatic rings. The van der Waals surface area contributed by atoms with E-state index in [1.807, 2.05) is 60.7 Å². The van der Waals surface area contributed by atoms with Gasteiger partial charge in [-0.3, -0.25) is 0 Å².